The van der Waals surface area contributed by atoms with Crippen LogP contribution < -0.4 is 5.32 Å². The number of nitrogens with one attached hydrogen (secondary N) is 1. The van der Waals surface area contributed by atoms with Crippen molar-refractivity contribution in [2.24, 2.45) is 0 Å². The molecule has 0 spiro atoms. The Morgan fingerprint density at radius 1 is 1.33 bits per heavy atom. The van der Waals surface area contributed by atoms with Crippen molar-refractivity contribution in [3.05, 3.63) is 53.0 Å². The Kier molecular flexibility index (Phi) is 4.09. The summed E-state index contributed by atoms with van der Waals surface area (Å²) in [7, 11) is 1.67. The summed E-state index contributed by atoms with van der Waals surface area (Å²) >= 11 is 0. The minimum absolute atomic E-state index is 0.0832. The molecule has 1 aromatic heterocycles. The number of hydrogen-bond donors (Lipinski definition) is 1. The van der Waals surface area contributed by atoms with Crippen LogP contribution in [0, 0.1) is 19.7 Å². The number of rotatable bonds is 3. The predicted octanol–water partition coefficient (Wildman–Crippen LogP) is 2.13. The fourth-order valence-corrected chi connectivity index (χ4v) is 3.09. The molecule has 1 aromatic carbocycles. The van der Waals surface area contributed by atoms with Crippen LogP contribution in [-0.2, 0) is 4.79 Å². The van der Waals surface area contributed by atoms with Crippen molar-refractivity contribution in [2.45, 2.75) is 32.4 Å². The smallest absolute Gasteiger partial charge is 0.289 e. The van der Waals surface area contributed by atoms with Crippen LogP contribution in [0.2, 0.25) is 0 Å². The molecule has 2 atom stereocenters. The lowest BCUT2D eigenvalue weighted by Crippen LogP contribution is -2.39. The number of likely N-dealkylation sites (N-methyl/N-ethyl adjacent to an activating group) is 1. The Balaban J connectivity index is 1.85. The summed E-state index contributed by atoms with van der Waals surface area (Å²) in [4.78, 5) is 30.2. The third kappa shape index (κ3) is 2.89. The minimum Gasteiger partial charge on any atom is -0.436 e. The Morgan fingerprint density at radius 3 is 2.58 bits per heavy atom. The van der Waals surface area contributed by atoms with E-state index in [4.69, 9.17) is 4.42 Å². The molecule has 24 heavy (non-hydrogen) atoms. The fraction of sp³-hybridized carbons (Fsp3) is 0.353. The molecule has 1 aliphatic heterocycles. The molecule has 2 aromatic rings. The second-order valence-electron chi connectivity index (χ2n) is 5.93. The molecule has 126 valence electrons. The summed E-state index contributed by atoms with van der Waals surface area (Å²) in [5.41, 5.74) is 1.27. The summed E-state index contributed by atoms with van der Waals surface area (Å²) in [6.07, 6.45) is 0.177. The van der Waals surface area contributed by atoms with Gasteiger partial charge in [-0.1, -0.05) is 12.1 Å². The van der Waals surface area contributed by atoms with Crippen LogP contribution in [0.3, 0.4) is 0 Å². The average molecular weight is 331 g/mol. The number of hydrogen-bond acceptors (Lipinski definition) is 4. The number of halogens is 1. The van der Waals surface area contributed by atoms with Gasteiger partial charge in [-0.3, -0.25) is 9.59 Å². The van der Waals surface area contributed by atoms with Gasteiger partial charge in [-0.05, 0) is 24.6 Å². The van der Waals surface area contributed by atoms with E-state index in [2.05, 4.69) is 10.3 Å². The van der Waals surface area contributed by atoms with E-state index in [1.807, 2.05) is 0 Å². The van der Waals surface area contributed by atoms with Gasteiger partial charge in [0.1, 0.15) is 5.82 Å². The molecule has 3 rings (SSSR count). The highest BCUT2D eigenvalue weighted by Gasteiger charge is 2.40. The van der Waals surface area contributed by atoms with E-state index in [-0.39, 0.29) is 29.9 Å². The number of amides is 2. The lowest BCUT2D eigenvalue weighted by atomic mass is 10.00. The largest absolute Gasteiger partial charge is 0.436 e. The first-order chi connectivity index (χ1) is 11.4. The summed E-state index contributed by atoms with van der Waals surface area (Å²) < 4.78 is 18.5. The molecular formula is C17H18FN3O3. The maximum absolute atomic E-state index is 13.2. The van der Waals surface area contributed by atoms with Gasteiger partial charge < -0.3 is 14.6 Å². The van der Waals surface area contributed by atoms with Crippen LogP contribution in [-0.4, -0.2) is 34.8 Å². The number of benzene rings is 1. The number of aryl methyl sites for hydroxylation is 2. The summed E-state index contributed by atoms with van der Waals surface area (Å²) in [5.74, 6) is -0.285. The number of aromatic nitrogens is 1. The van der Waals surface area contributed by atoms with E-state index in [1.165, 1.54) is 12.1 Å². The molecule has 6 nitrogen and oxygen atoms in total. The second kappa shape index (κ2) is 6.07. The number of oxazole rings is 1. The van der Waals surface area contributed by atoms with Gasteiger partial charge in [-0.15, -0.1) is 0 Å². The first-order valence-corrected chi connectivity index (χ1v) is 7.63. The molecule has 0 bridgehead atoms. The third-order valence-electron chi connectivity index (χ3n) is 4.22. The van der Waals surface area contributed by atoms with Crippen LogP contribution in [0.1, 0.15) is 40.2 Å². The standard InChI is InChI=1S/C17H18FN3O3/c1-9-16(24-10(2)19-9)17(23)20-13-8-14(22)21(3)15(13)11-4-6-12(18)7-5-11/h4-7,13,15H,8H2,1-3H3,(H,20,23). The zero-order valence-corrected chi connectivity index (χ0v) is 13.7. The van der Waals surface area contributed by atoms with Crippen molar-refractivity contribution in [1.29, 1.82) is 0 Å². The van der Waals surface area contributed by atoms with Gasteiger partial charge in [0.25, 0.3) is 5.91 Å². The van der Waals surface area contributed by atoms with Crippen LogP contribution >= 0.6 is 0 Å². The summed E-state index contributed by atoms with van der Waals surface area (Å²) in [6, 6.07) is 5.15. The Morgan fingerprint density at radius 2 is 2.00 bits per heavy atom. The molecule has 1 fully saturated rings. The molecule has 0 saturated carbocycles. The van der Waals surface area contributed by atoms with Crippen molar-refractivity contribution < 1.29 is 18.4 Å². The molecule has 2 heterocycles. The maximum atomic E-state index is 13.2. The Hall–Kier alpha value is -2.70. The first-order valence-electron chi connectivity index (χ1n) is 7.63. The molecule has 7 heteroatoms. The van der Waals surface area contributed by atoms with Crippen LogP contribution in [0.4, 0.5) is 4.39 Å². The van der Waals surface area contributed by atoms with Crippen LogP contribution in [0.15, 0.2) is 28.7 Å². The molecule has 2 amide bonds. The first kappa shape index (κ1) is 16.2. The summed E-state index contributed by atoms with van der Waals surface area (Å²) in [5, 5.41) is 2.84. The Labute approximate surface area is 138 Å². The van der Waals surface area contributed by atoms with E-state index in [0.29, 0.717) is 11.6 Å². The van der Waals surface area contributed by atoms with E-state index in [1.54, 1.807) is 37.9 Å². The normalized spacial score (nSPS) is 20.5. The zero-order valence-electron chi connectivity index (χ0n) is 13.7. The SMILES string of the molecule is Cc1nc(C)c(C(=O)NC2CC(=O)N(C)C2c2ccc(F)cc2)o1. The zero-order chi connectivity index (χ0) is 17.4. The number of nitrogens with zero attached hydrogens (tertiary/aromatic N) is 2. The van der Waals surface area contributed by atoms with Gasteiger partial charge in [-0.25, -0.2) is 9.37 Å². The molecule has 2 unspecified atom stereocenters. The predicted molar refractivity (Wildman–Crippen MR) is 83.8 cm³/mol. The van der Waals surface area contributed by atoms with Gasteiger partial charge in [0, 0.05) is 20.4 Å². The Bertz CT molecular complexity index is 785. The quantitative estimate of drug-likeness (QED) is 0.935. The third-order valence-corrected chi connectivity index (χ3v) is 4.22. The number of carbonyl (C=O) groups excluding carboxylic acids is 2. The van der Waals surface area contributed by atoms with Gasteiger partial charge in [0.2, 0.25) is 11.7 Å². The number of carbonyl (C=O) groups is 2. The molecule has 1 N–H and O–H groups in total. The van der Waals surface area contributed by atoms with Gasteiger partial charge in [0.15, 0.2) is 5.89 Å². The van der Waals surface area contributed by atoms with Gasteiger partial charge in [0.05, 0.1) is 17.8 Å². The fourth-order valence-electron chi connectivity index (χ4n) is 3.09. The van der Waals surface area contributed by atoms with Crippen LogP contribution in [0.5, 0.6) is 0 Å². The van der Waals surface area contributed by atoms with Crippen molar-refractivity contribution in [3.8, 4) is 0 Å². The van der Waals surface area contributed by atoms with Crippen molar-refractivity contribution in [3.63, 3.8) is 0 Å². The van der Waals surface area contributed by atoms with Crippen molar-refractivity contribution in [2.75, 3.05) is 7.05 Å². The molecule has 1 aliphatic rings. The number of likely N-dealkylation sites (tertiary alicyclic amines) is 1. The average Bonchev–Trinajstić information content (AvgIpc) is 3.00. The van der Waals surface area contributed by atoms with Gasteiger partial charge in [-0.2, -0.15) is 0 Å². The molecular weight excluding hydrogens is 313 g/mol. The second-order valence-corrected chi connectivity index (χ2v) is 5.93. The minimum atomic E-state index is -0.426. The molecule has 0 aliphatic carbocycles. The van der Waals surface area contributed by atoms with Crippen LogP contribution in [0.25, 0.3) is 0 Å². The lowest BCUT2D eigenvalue weighted by molar-refractivity contribution is -0.127. The van der Waals surface area contributed by atoms with Crippen molar-refractivity contribution >= 4 is 11.8 Å². The van der Waals surface area contributed by atoms with E-state index >= 15 is 0 Å². The monoisotopic (exact) mass is 331 g/mol. The molecule has 1 saturated heterocycles. The highest BCUT2D eigenvalue weighted by Crippen LogP contribution is 2.32. The highest BCUT2D eigenvalue weighted by atomic mass is 19.1. The highest BCUT2D eigenvalue weighted by molar-refractivity contribution is 5.93. The van der Waals surface area contributed by atoms with E-state index in [9.17, 15) is 14.0 Å². The van der Waals surface area contributed by atoms with E-state index in [0.717, 1.165) is 5.56 Å². The maximum Gasteiger partial charge on any atom is 0.289 e. The topological polar surface area (TPSA) is 75.4 Å². The summed E-state index contributed by atoms with van der Waals surface area (Å²) in [6.45, 7) is 3.35. The van der Waals surface area contributed by atoms with E-state index < -0.39 is 11.9 Å². The lowest BCUT2D eigenvalue weighted by Gasteiger charge is -2.25. The van der Waals surface area contributed by atoms with Gasteiger partial charge >= 0.3 is 0 Å². The van der Waals surface area contributed by atoms with Crippen molar-refractivity contribution in [1.82, 2.24) is 15.2 Å². The molecule has 0 radical (unpaired) electrons.